The molecule has 23 heavy (non-hydrogen) atoms. The van der Waals surface area contributed by atoms with Gasteiger partial charge in [0.05, 0.1) is 5.39 Å². The Bertz CT molecular complexity index is 818. The van der Waals surface area contributed by atoms with Crippen LogP contribution in [0, 0.1) is 0 Å². The number of carbonyl (C=O) groups is 1. The van der Waals surface area contributed by atoms with Crippen LogP contribution in [0.5, 0.6) is 0 Å². The molecule has 0 aliphatic heterocycles. The molecule has 7 heteroatoms. The monoisotopic (exact) mass is 349 g/mol. The van der Waals surface area contributed by atoms with E-state index in [1.807, 2.05) is 19.3 Å². The first-order chi connectivity index (χ1) is 11.1. The number of nitrogens with one attached hydrogen (secondary N) is 1. The van der Waals surface area contributed by atoms with Crippen molar-refractivity contribution in [3.05, 3.63) is 51.3 Å². The Morgan fingerprint density at radius 3 is 2.91 bits per heavy atom. The molecule has 0 aromatic carbocycles. The first-order valence-corrected chi connectivity index (χ1v) is 9.27. The Morgan fingerprint density at radius 2 is 2.30 bits per heavy atom. The normalized spacial score (nSPS) is 12.7. The maximum Gasteiger partial charge on any atom is 0.338 e. The van der Waals surface area contributed by atoms with Crippen molar-refractivity contribution in [3.63, 3.8) is 0 Å². The smallest absolute Gasteiger partial charge is 0.333 e. The number of thioether (sulfide) groups is 1. The van der Waals surface area contributed by atoms with Gasteiger partial charge in [-0.2, -0.15) is 3.96 Å². The molecule has 122 valence electrons. The maximum atomic E-state index is 12.3. The molecule has 0 unspecified atom stereocenters. The molecule has 0 saturated heterocycles. The van der Waals surface area contributed by atoms with Gasteiger partial charge in [0.25, 0.3) is 5.56 Å². The lowest BCUT2D eigenvalue weighted by molar-refractivity contribution is 0.244. The number of fused-ring (bicyclic) bond motifs is 1. The summed E-state index contributed by atoms with van der Waals surface area (Å²) in [5.74, 6) is 0. The standard InChI is InChI=1S/C16H19N3O2S2/c1-4-7-11(13(5-2)22-3)10-18-16(21)19-15(20)12-8-6-9-17-14(12)23-19/h5-9H,4,10H2,1-3H3,(H,18,21)/b11-7-,13-5+. The zero-order valence-corrected chi connectivity index (χ0v) is 15.0. The Kier molecular flexibility index (Phi) is 6.18. The Balaban J connectivity index is 2.19. The van der Waals surface area contributed by atoms with Crippen molar-refractivity contribution in [2.45, 2.75) is 20.3 Å². The molecule has 0 fully saturated rings. The van der Waals surface area contributed by atoms with E-state index in [9.17, 15) is 9.59 Å². The molecule has 0 saturated carbocycles. The highest BCUT2D eigenvalue weighted by Gasteiger charge is 2.14. The fourth-order valence-corrected chi connectivity index (χ4v) is 3.70. The second-order valence-electron chi connectivity index (χ2n) is 4.70. The first-order valence-electron chi connectivity index (χ1n) is 7.27. The lowest BCUT2D eigenvalue weighted by Gasteiger charge is -2.11. The second-order valence-corrected chi connectivity index (χ2v) is 6.48. The summed E-state index contributed by atoms with van der Waals surface area (Å²) >= 11 is 2.70. The van der Waals surface area contributed by atoms with Crippen LogP contribution < -0.4 is 10.9 Å². The number of aromatic nitrogens is 2. The van der Waals surface area contributed by atoms with Crippen LogP contribution in [0.25, 0.3) is 10.2 Å². The second kappa shape index (κ2) is 8.12. The summed E-state index contributed by atoms with van der Waals surface area (Å²) in [6.45, 7) is 4.41. The van der Waals surface area contributed by atoms with E-state index in [0.29, 0.717) is 16.8 Å². The minimum atomic E-state index is -0.420. The van der Waals surface area contributed by atoms with Gasteiger partial charge in [0, 0.05) is 17.6 Å². The summed E-state index contributed by atoms with van der Waals surface area (Å²) in [7, 11) is 0. The van der Waals surface area contributed by atoms with E-state index in [-0.39, 0.29) is 5.56 Å². The molecule has 2 rings (SSSR count). The molecular formula is C16H19N3O2S2. The van der Waals surface area contributed by atoms with E-state index < -0.39 is 6.03 Å². The summed E-state index contributed by atoms with van der Waals surface area (Å²) in [5.41, 5.74) is 0.732. The van der Waals surface area contributed by atoms with Gasteiger partial charge in [-0.05, 0) is 48.8 Å². The molecule has 0 atom stereocenters. The number of pyridine rings is 1. The van der Waals surface area contributed by atoms with Crippen LogP contribution in [0.1, 0.15) is 20.3 Å². The number of hydrogen-bond donors (Lipinski definition) is 1. The Hall–Kier alpha value is -1.86. The third-order valence-corrected chi connectivity index (χ3v) is 5.18. The van der Waals surface area contributed by atoms with Crippen LogP contribution in [0.15, 0.2) is 45.8 Å². The van der Waals surface area contributed by atoms with Gasteiger partial charge in [-0.3, -0.25) is 4.79 Å². The number of nitrogens with zero attached hydrogens (tertiary/aromatic N) is 2. The zero-order valence-electron chi connectivity index (χ0n) is 13.3. The Morgan fingerprint density at radius 1 is 1.52 bits per heavy atom. The van der Waals surface area contributed by atoms with E-state index in [0.717, 1.165) is 32.4 Å². The van der Waals surface area contributed by atoms with Gasteiger partial charge in [-0.15, -0.1) is 11.8 Å². The largest absolute Gasteiger partial charge is 0.338 e. The van der Waals surface area contributed by atoms with Crippen LogP contribution in [0.3, 0.4) is 0 Å². The van der Waals surface area contributed by atoms with Crippen LogP contribution in [-0.2, 0) is 0 Å². The lowest BCUT2D eigenvalue weighted by atomic mass is 10.2. The third kappa shape index (κ3) is 3.92. The van der Waals surface area contributed by atoms with Gasteiger partial charge >= 0.3 is 6.03 Å². The number of allylic oxidation sites excluding steroid dienone is 2. The van der Waals surface area contributed by atoms with E-state index in [1.165, 1.54) is 0 Å². The van der Waals surface area contributed by atoms with Crippen molar-refractivity contribution in [1.82, 2.24) is 14.3 Å². The van der Waals surface area contributed by atoms with Gasteiger partial charge in [0.1, 0.15) is 4.83 Å². The number of hydrogen-bond acceptors (Lipinski definition) is 5. The summed E-state index contributed by atoms with van der Waals surface area (Å²) in [6.07, 6.45) is 8.60. The number of carbonyl (C=O) groups excluding carboxylic acids is 1. The molecule has 0 spiro atoms. The maximum absolute atomic E-state index is 12.3. The zero-order chi connectivity index (χ0) is 16.8. The predicted octanol–water partition coefficient (Wildman–Crippen LogP) is 3.62. The molecule has 1 N–H and O–H groups in total. The highest BCUT2D eigenvalue weighted by Crippen LogP contribution is 2.21. The van der Waals surface area contributed by atoms with E-state index >= 15 is 0 Å². The molecule has 1 amide bonds. The number of amides is 1. The average Bonchev–Trinajstić information content (AvgIpc) is 2.91. The van der Waals surface area contributed by atoms with Gasteiger partial charge in [-0.25, -0.2) is 9.78 Å². The molecule has 0 aliphatic carbocycles. The summed E-state index contributed by atoms with van der Waals surface area (Å²) in [6, 6.07) is 2.95. The quantitative estimate of drug-likeness (QED) is 0.838. The van der Waals surface area contributed by atoms with Crippen molar-refractivity contribution < 1.29 is 4.79 Å². The molecule has 0 aliphatic rings. The van der Waals surface area contributed by atoms with Gasteiger partial charge in [0.15, 0.2) is 0 Å². The van der Waals surface area contributed by atoms with Crippen LogP contribution >= 0.6 is 23.3 Å². The fraction of sp³-hybridized carbons (Fsp3) is 0.312. The molecule has 0 radical (unpaired) electrons. The minimum Gasteiger partial charge on any atom is -0.333 e. The van der Waals surface area contributed by atoms with Crippen LogP contribution in [0.4, 0.5) is 4.79 Å². The van der Waals surface area contributed by atoms with E-state index in [2.05, 4.69) is 23.3 Å². The molecule has 2 heterocycles. The number of rotatable bonds is 5. The third-order valence-electron chi connectivity index (χ3n) is 3.23. The van der Waals surface area contributed by atoms with E-state index in [4.69, 9.17) is 0 Å². The summed E-state index contributed by atoms with van der Waals surface area (Å²) in [5, 5.41) is 3.29. The van der Waals surface area contributed by atoms with Gasteiger partial charge < -0.3 is 5.32 Å². The topological polar surface area (TPSA) is 64.0 Å². The summed E-state index contributed by atoms with van der Waals surface area (Å²) in [4.78, 5) is 30.4. The minimum absolute atomic E-state index is 0.326. The molecule has 2 aromatic heterocycles. The molecule has 5 nitrogen and oxygen atoms in total. The molecular weight excluding hydrogens is 330 g/mol. The lowest BCUT2D eigenvalue weighted by Crippen LogP contribution is -2.34. The van der Waals surface area contributed by atoms with Gasteiger partial charge in [-0.1, -0.05) is 19.1 Å². The first kappa shape index (κ1) is 17.5. The fourth-order valence-electron chi connectivity index (χ4n) is 2.18. The molecule has 0 bridgehead atoms. The van der Waals surface area contributed by atoms with Crippen LogP contribution in [-0.4, -0.2) is 27.8 Å². The SMILES string of the molecule is C/C=C(SC)\C(=C/CC)CNC(=O)n1sc2ncccc2c1=O. The predicted molar refractivity (Wildman–Crippen MR) is 98.3 cm³/mol. The summed E-state index contributed by atoms with van der Waals surface area (Å²) < 4.78 is 1.12. The van der Waals surface area contributed by atoms with Crippen molar-refractivity contribution in [3.8, 4) is 0 Å². The van der Waals surface area contributed by atoms with Gasteiger partial charge in [0.2, 0.25) is 0 Å². The highest BCUT2D eigenvalue weighted by molar-refractivity contribution is 8.02. The van der Waals surface area contributed by atoms with Crippen molar-refractivity contribution in [1.29, 1.82) is 0 Å². The highest BCUT2D eigenvalue weighted by atomic mass is 32.2. The average molecular weight is 349 g/mol. The van der Waals surface area contributed by atoms with Crippen molar-refractivity contribution in [2.75, 3.05) is 12.8 Å². The van der Waals surface area contributed by atoms with Crippen LogP contribution in [0.2, 0.25) is 0 Å². The Labute approximate surface area is 143 Å². The van der Waals surface area contributed by atoms with Crippen molar-refractivity contribution >= 4 is 39.5 Å². The van der Waals surface area contributed by atoms with E-state index in [1.54, 1.807) is 30.1 Å². The van der Waals surface area contributed by atoms with Crippen molar-refractivity contribution in [2.24, 2.45) is 0 Å². The molecule has 2 aromatic rings.